The predicted octanol–water partition coefficient (Wildman–Crippen LogP) is 3.48. The first-order valence-corrected chi connectivity index (χ1v) is 12.3. The highest BCUT2D eigenvalue weighted by atomic mass is 32.2. The first-order chi connectivity index (χ1) is 15.6. The molecule has 1 saturated heterocycles. The second kappa shape index (κ2) is 9.97. The van der Waals surface area contributed by atoms with E-state index in [0.717, 1.165) is 27.8 Å². The molecule has 3 rings (SSSR count). The largest absolute Gasteiger partial charge is 0.493 e. The Morgan fingerprint density at radius 3 is 2.00 bits per heavy atom. The molecular formula is C25H32N2O5S. The van der Waals surface area contributed by atoms with E-state index in [1.807, 2.05) is 39.8 Å². The summed E-state index contributed by atoms with van der Waals surface area (Å²) < 4.78 is 38.9. The van der Waals surface area contributed by atoms with Crippen LogP contribution in [0, 0.1) is 27.7 Å². The molecule has 1 aliphatic heterocycles. The molecule has 2 aromatic rings. The molecule has 178 valence electrons. The first-order valence-electron chi connectivity index (χ1n) is 10.9. The Kier molecular flexibility index (Phi) is 7.49. The number of methoxy groups -OCH3 is 2. The van der Waals surface area contributed by atoms with Crippen LogP contribution < -0.4 is 9.47 Å². The Labute approximate surface area is 196 Å². The van der Waals surface area contributed by atoms with E-state index in [1.54, 1.807) is 37.3 Å². The summed E-state index contributed by atoms with van der Waals surface area (Å²) >= 11 is 0. The molecule has 1 aliphatic rings. The number of hydrogen-bond donors (Lipinski definition) is 0. The van der Waals surface area contributed by atoms with Crippen LogP contribution in [0.1, 0.15) is 27.8 Å². The Bertz CT molecular complexity index is 1150. The van der Waals surface area contributed by atoms with Gasteiger partial charge in [-0.2, -0.15) is 4.31 Å². The van der Waals surface area contributed by atoms with E-state index in [4.69, 9.17) is 9.47 Å². The minimum atomic E-state index is -3.64. The zero-order valence-electron chi connectivity index (χ0n) is 20.1. The van der Waals surface area contributed by atoms with Crippen molar-refractivity contribution in [1.29, 1.82) is 0 Å². The molecule has 0 radical (unpaired) electrons. The van der Waals surface area contributed by atoms with Crippen LogP contribution in [0.25, 0.3) is 6.08 Å². The van der Waals surface area contributed by atoms with E-state index >= 15 is 0 Å². The maximum absolute atomic E-state index is 13.4. The lowest BCUT2D eigenvalue weighted by Gasteiger charge is -2.34. The molecule has 1 heterocycles. The van der Waals surface area contributed by atoms with Gasteiger partial charge in [-0.05, 0) is 73.7 Å². The van der Waals surface area contributed by atoms with Crippen LogP contribution in [0.5, 0.6) is 11.5 Å². The number of nitrogens with zero attached hydrogens (tertiary/aromatic N) is 2. The van der Waals surface area contributed by atoms with Crippen molar-refractivity contribution >= 4 is 22.0 Å². The standard InChI is InChI=1S/C25H32N2O5S/c1-17-15-18(2)20(4)25(19(17)3)33(29,30)27-13-11-26(12-14-27)24(28)10-8-21-7-9-22(31-5)23(16-21)32-6/h7-10,15-16H,11-14H2,1-6H3/b10-8+. The fraction of sp³-hybridized carbons (Fsp3) is 0.400. The number of piperazine rings is 1. The van der Waals surface area contributed by atoms with E-state index in [-0.39, 0.29) is 19.0 Å². The lowest BCUT2D eigenvalue weighted by molar-refractivity contribution is -0.127. The highest BCUT2D eigenvalue weighted by Crippen LogP contribution is 2.30. The topological polar surface area (TPSA) is 76.2 Å². The highest BCUT2D eigenvalue weighted by Gasteiger charge is 2.32. The Morgan fingerprint density at radius 1 is 0.879 bits per heavy atom. The number of rotatable bonds is 6. The Hall–Kier alpha value is -2.84. The quantitative estimate of drug-likeness (QED) is 0.602. The van der Waals surface area contributed by atoms with Gasteiger partial charge in [-0.1, -0.05) is 12.1 Å². The zero-order valence-corrected chi connectivity index (χ0v) is 21.0. The number of aryl methyl sites for hydroxylation is 2. The molecule has 0 unspecified atom stereocenters. The van der Waals surface area contributed by atoms with E-state index in [0.29, 0.717) is 29.5 Å². The van der Waals surface area contributed by atoms with Crippen LogP contribution in [0.4, 0.5) is 0 Å². The zero-order chi connectivity index (χ0) is 24.3. The minimum absolute atomic E-state index is 0.152. The summed E-state index contributed by atoms with van der Waals surface area (Å²) in [6.45, 7) is 8.80. The number of sulfonamides is 1. The van der Waals surface area contributed by atoms with Crippen LogP contribution >= 0.6 is 0 Å². The number of benzene rings is 2. The average molecular weight is 473 g/mol. The van der Waals surface area contributed by atoms with Gasteiger partial charge >= 0.3 is 0 Å². The van der Waals surface area contributed by atoms with Gasteiger partial charge in [0.1, 0.15) is 0 Å². The van der Waals surface area contributed by atoms with Gasteiger partial charge in [0.05, 0.1) is 19.1 Å². The van der Waals surface area contributed by atoms with E-state index in [9.17, 15) is 13.2 Å². The number of carbonyl (C=O) groups is 1. The van der Waals surface area contributed by atoms with E-state index < -0.39 is 10.0 Å². The average Bonchev–Trinajstić information content (AvgIpc) is 2.81. The predicted molar refractivity (Wildman–Crippen MR) is 129 cm³/mol. The lowest BCUT2D eigenvalue weighted by Crippen LogP contribution is -2.50. The van der Waals surface area contributed by atoms with Crippen LogP contribution in [0.2, 0.25) is 0 Å². The van der Waals surface area contributed by atoms with Crippen molar-refractivity contribution in [3.05, 3.63) is 58.2 Å². The Morgan fingerprint density at radius 2 is 1.45 bits per heavy atom. The van der Waals surface area contributed by atoms with Crippen molar-refractivity contribution < 1.29 is 22.7 Å². The van der Waals surface area contributed by atoms with Gasteiger partial charge in [0.25, 0.3) is 0 Å². The van der Waals surface area contributed by atoms with Gasteiger partial charge in [0.2, 0.25) is 15.9 Å². The fourth-order valence-electron chi connectivity index (χ4n) is 4.07. The number of carbonyl (C=O) groups excluding carboxylic acids is 1. The van der Waals surface area contributed by atoms with Crippen LogP contribution in [0.15, 0.2) is 35.2 Å². The smallest absolute Gasteiger partial charge is 0.246 e. The van der Waals surface area contributed by atoms with Crippen molar-refractivity contribution in [2.45, 2.75) is 32.6 Å². The molecular weight excluding hydrogens is 440 g/mol. The summed E-state index contributed by atoms with van der Waals surface area (Å²) in [4.78, 5) is 14.8. The molecule has 0 atom stereocenters. The van der Waals surface area contributed by atoms with Crippen LogP contribution in [0.3, 0.4) is 0 Å². The molecule has 7 nitrogen and oxygen atoms in total. The summed E-state index contributed by atoms with van der Waals surface area (Å²) in [5.41, 5.74) is 4.31. The van der Waals surface area contributed by atoms with Crippen molar-refractivity contribution in [1.82, 2.24) is 9.21 Å². The third-order valence-electron chi connectivity index (χ3n) is 6.27. The van der Waals surface area contributed by atoms with Crippen molar-refractivity contribution in [3.8, 4) is 11.5 Å². The molecule has 0 spiro atoms. The fourth-order valence-corrected chi connectivity index (χ4v) is 6.07. The van der Waals surface area contributed by atoms with Crippen molar-refractivity contribution in [2.75, 3.05) is 40.4 Å². The summed E-state index contributed by atoms with van der Waals surface area (Å²) in [6, 6.07) is 7.43. The number of hydrogen-bond acceptors (Lipinski definition) is 5. The summed E-state index contributed by atoms with van der Waals surface area (Å²) in [5, 5.41) is 0. The third-order valence-corrected chi connectivity index (χ3v) is 8.44. The number of amides is 1. The second-order valence-electron chi connectivity index (χ2n) is 8.27. The van der Waals surface area contributed by atoms with Gasteiger partial charge in [-0.25, -0.2) is 8.42 Å². The Balaban J connectivity index is 1.70. The summed E-state index contributed by atoms with van der Waals surface area (Å²) in [7, 11) is -0.506. The van der Waals surface area contributed by atoms with E-state index in [2.05, 4.69) is 0 Å². The highest BCUT2D eigenvalue weighted by molar-refractivity contribution is 7.89. The molecule has 0 N–H and O–H groups in total. The molecule has 1 amide bonds. The first kappa shape index (κ1) is 24.8. The van der Waals surface area contributed by atoms with Gasteiger partial charge < -0.3 is 14.4 Å². The minimum Gasteiger partial charge on any atom is -0.493 e. The molecule has 8 heteroatoms. The van der Waals surface area contributed by atoms with Crippen LogP contribution in [-0.2, 0) is 14.8 Å². The second-order valence-corrected chi connectivity index (χ2v) is 10.1. The maximum Gasteiger partial charge on any atom is 0.246 e. The molecule has 33 heavy (non-hydrogen) atoms. The normalized spacial score (nSPS) is 15.2. The molecule has 0 saturated carbocycles. The van der Waals surface area contributed by atoms with E-state index in [1.165, 1.54) is 10.4 Å². The molecule has 2 aromatic carbocycles. The van der Waals surface area contributed by atoms with Crippen LogP contribution in [-0.4, -0.2) is 63.9 Å². The van der Waals surface area contributed by atoms with Gasteiger partial charge in [-0.3, -0.25) is 4.79 Å². The molecule has 0 bridgehead atoms. The molecule has 1 fully saturated rings. The lowest BCUT2D eigenvalue weighted by atomic mass is 10.0. The van der Waals surface area contributed by atoms with Gasteiger partial charge in [-0.15, -0.1) is 0 Å². The SMILES string of the molecule is COc1ccc(/C=C/C(=O)N2CCN(S(=O)(=O)c3c(C)c(C)cc(C)c3C)CC2)cc1OC. The van der Waals surface area contributed by atoms with Gasteiger partial charge in [0.15, 0.2) is 11.5 Å². The number of ether oxygens (including phenoxy) is 2. The summed E-state index contributed by atoms with van der Waals surface area (Å²) in [5.74, 6) is 1.05. The van der Waals surface area contributed by atoms with Crippen molar-refractivity contribution in [3.63, 3.8) is 0 Å². The van der Waals surface area contributed by atoms with Gasteiger partial charge in [0, 0.05) is 32.3 Å². The monoisotopic (exact) mass is 472 g/mol. The molecule has 0 aromatic heterocycles. The summed E-state index contributed by atoms with van der Waals surface area (Å²) in [6.07, 6.45) is 3.22. The van der Waals surface area contributed by atoms with Crippen molar-refractivity contribution in [2.24, 2.45) is 0 Å². The molecule has 0 aliphatic carbocycles. The maximum atomic E-state index is 13.4. The third kappa shape index (κ3) is 5.07.